The molecule has 5 nitrogen and oxygen atoms in total. The summed E-state index contributed by atoms with van der Waals surface area (Å²) in [5.74, 6) is 0. The lowest BCUT2D eigenvalue weighted by atomic mass is 10.0. The second-order valence-electron chi connectivity index (χ2n) is 14.0. The minimum atomic E-state index is 0.597. The molecular formula is C50H29N5. The minimum Gasteiger partial charge on any atom is -0.309 e. The molecule has 0 bridgehead atoms. The van der Waals surface area contributed by atoms with E-state index in [1.54, 1.807) is 0 Å². The number of nitrogens with zero attached hydrogens (tertiary/aromatic N) is 5. The van der Waals surface area contributed by atoms with E-state index < -0.39 is 0 Å². The number of hydrogen-bond donors (Lipinski definition) is 0. The summed E-state index contributed by atoms with van der Waals surface area (Å²) >= 11 is 0. The second kappa shape index (κ2) is 11.8. The number of benzene rings is 8. The molecule has 11 rings (SSSR count). The van der Waals surface area contributed by atoms with Crippen molar-refractivity contribution in [3.8, 4) is 40.3 Å². The summed E-state index contributed by atoms with van der Waals surface area (Å²) < 4.78 is 6.88. The lowest BCUT2D eigenvalue weighted by Gasteiger charge is -2.14. The maximum absolute atomic E-state index is 10.5. The topological polar surface area (TPSA) is 62.4 Å². The van der Waals surface area contributed by atoms with Crippen LogP contribution in [0.5, 0.6) is 0 Å². The largest absolute Gasteiger partial charge is 0.309 e. The zero-order valence-corrected chi connectivity index (χ0v) is 29.5. The average molecular weight is 700 g/mol. The number of hydrogen-bond acceptors (Lipinski definition) is 2. The van der Waals surface area contributed by atoms with Crippen LogP contribution in [0.25, 0.3) is 93.6 Å². The predicted molar refractivity (Wildman–Crippen MR) is 224 cm³/mol. The van der Waals surface area contributed by atoms with Crippen molar-refractivity contribution < 1.29 is 0 Å². The molecule has 0 aliphatic carbocycles. The summed E-state index contributed by atoms with van der Waals surface area (Å²) in [5.41, 5.74) is 12.8. The van der Waals surface area contributed by atoms with Gasteiger partial charge >= 0.3 is 0 Å². The number of rotatable bonds is 4. The zero-order chi connectivity index (χ0) is 36.6. The molecule has 0 unspecified atom stereocenters. The first kappa shape index (κ1) is 30.7. The van der Waals surface area contributed by atoms with E-state index in [1.807, 2.05) is 30.3 Å². The van der Waals surface area contributed by atoms with Crippen LogP contribution in [0.4, 0.5) is 0 Å². The lowest BCUT2D eigenvalue weighted by molar-refractivity contribution is 1.16. The van der Waals surface area contributed by atoms with Gasteiger partial charge in [0.2, 0.25) is 0 Å². The Labute approximate surface area is 316 Å². The third-order valence-electron chi connectivity index (χ3n) is 11.1. The molecule has 0 spiro atoms. The van der Waals surface area contributed by atoms with Crippen LogP contribution < -0.4 is 0 Å². The fourth-order valence-electron chi connectivity index (χ4n) is 8.74. The summed E-state index contributed by atoms with van der Waals surface area (Å²) in [6.45, 7) is 0. The van der Waals surface area contributed by atoms with Crippen LogP contribution in [0.15, 0.2) is 176 Å². The summed E-state index contributed by atoms with van der Waals surface area (Å²) in [6, 6.07) is 65.9. The van der Waals surface area contributed by atoms with E-state index in [0.717, 1.165) is 71.8 Å². The molecule has 55 heavy (non-hydrogen) atoms. The molecule has 5 heteroatoms. The lowest BCUT2D eigenvalue weighted by Crippen LogP contribution is -1.99. The molecule has 0 aliphatic rings. The maximum atomic E-state index is 10.5. The minimum absolute atomic E-state index is 0.597. The van der Waals surface area contributed by atoms with E-state index in [9.17, 15) is 10.5 Å². The van der Waals surface area contributed by atoms with Gasteiger partial charge in [-0.15, -0.1) is 0 Å². The molecule has 0 amide bonds. The van der Waals surface area contributed by atoms with Gasteiger partial charge in [-0.05, 0) is 90.0 Å². The fourth-order valence-corrected chi connectivity index (χ4v) is 8.74. The molecule has 0 atom stereocenters. The van der Waals surface area contributed by atoms with Gasteiger partial charge in [0.1, 0.15) is 6.07 Å². The van der Waals surface area contributed by atoms with Crippen molar-refractivity contribution in [1.29, 1.82) is 10.5 Å². The summed E-state index contributed by atoms with van der Waals surface area (Å²) in [7, 11) is 0. The average Bonchev–Trinajstić information content (AvgIpc) is 3.89. The molecule has 8 aromatic carbocycles. The van der Waals surface area contributed by atoms with Gasteiger partial charge in [-0.1, -0.05) is 97.1 Å². The van der Waals surface area contributed by atoms with E-state index >= 15 is 0 Å². The predicted octanol–water partition coefficient (Wildman–Crippen LogP) is 12.4. The van der Waals surface area contributed by atoms with E-state index in [2.05, 4.69) is 171 Å². The third kappa shape index (κ3) is 4.45. The number of nitriles is 2. The van der Waals surface area contributed by atoms with E-state index in [4.69, 9.17) is 0 Å². The van der Waals surface area contributed by atoms with Crippen LogP contribution in [0, 0.1) is 22.7 Å². The van der Waals surface area contributed by atoms with Gasteiger partial charge in [0.25, 0.3) is 0 Å². The molecule has 0 saturated carbocycles. The molecule has 254 valence electrons. The molecule has 0 N–H and O–H groups in total. The molecule has 3 heterocycles. The molecule has 0 aliphatic heterocycles. The Morgan fingerprint density at radius 2 is 0.873 bits per heavy atom. The van der Waals surface area contributed by atoms with Crippen LogP contribution in [-0.2, 0) is 0 Å². The quantitative estimate of drug-likeness (QED) is 0.184. The monoisotopic (exact) mass is 699 g/mol. The molecule has 0 saturated heterocycles. The Hall–Kier alpha value is -7.86. The van der Waals surface area contributed by atoms with E-state index in [-0.39, 0.29) is 0 Å². The van der Waals surface area contributed by atoms with Crippen LogP contribution in [0.3, 0.4) is 0 Å². The summed E-state index contributed by atoms with van der Waals surface area (Å²) in [6.07, 6.45) is 0. The fraction of sp³-hybridized carbons (Fsp3) is 0. The first-order valence-electron chi connectivity index (χ1n) is 18.3. The van der Waals surface area contributed by atoms with Crippen molar-refractivity contribution in [3.05, 3.63) is 187 Å². The normalized spacial score (nSPS) is 11.6. The van der Waals surface area contributed by atoms with Gasteiger partial charge in [-0.25, -0.2) is 0 Å². The van der Waals surface area contributed by atoms with E-state index in [0.29, 0.717) is 11.1 Å². The van der Waals surface area contributed by atoms with Gasteiger partial charge in [-0.2, -0.15) is 10.5 Å². The van der Waals surface area contributed by atoms with E-state index in [1.165, 1.54) is 21.8 Å². The van der Waals surface area contributed by atoms with Crippen LogP contribution in [0.1, 0.15) is 11.1 Å². The Balaban J connectivity index is 1.11. The molecule has 0 fully saturated rings. The van der Waals surface area contributed by atoms with Crippen LogP contribution in [0.2, 0.25) is 0 Å². The highest BCUT2D eigenvalue weighted by atomic mass is 15.0. The Kier molecular flexibility index (Phi) is 6.61. The number of para-hydroxylation sites is 4. The van der Waals surface area contributed by atoms with Crippen molar-refractivity contribution >= 4 is 65.4 Å². The summed E-state index contributed by atoms with van der Waals surface area (Å²) in [5, 5.41) is 27.1. The van der Waals surface area contributed by atoms with Gasteiger partial charge < -0.3 is 13.7 Å². The van der Waals surface area contributed by atoms with Gasteiger partial charge in [0, 0.05) is 38.0 Å². The van der Waals surface area contributed by atoms with Crippen LogP contribution >= 0.6 is 0 Å². The van der Waals surface area contributed by atoms with Crippen molar-refractivity contribution in [1.82, 2.24) is 13.7 Å². The number of fused-ring (bicyclic) bond motifs is 9. The molecular weight excluding hydrogens is 671 g/mol. The Morgan fingerprint density at radius 3 is 1.53 bits per heavy atom. The van der Waals surface area contributed by atoms with Gasteiger partial charge in [-0.3, -0.25) is 0 Å². The van der Waals surface area contributed by atoms with Crippen molar-refractivity contribution in [2.45, 2.75) is 0 Å². The second-order valence-corrected chi connectivity index (χ2v) is 14.0. The smallest absolute Gasteiger partial charge is 0.101 e. The Bertz CT molecular complexity index is 3400. The van der Waals surface area contributed by atoms with Crippen molar-refractivity contribution in [2.75, 3.05) is 0 Å². The third-order valence-corrected chi connectivity index (χ3v) is 11.1. The van der Waals surface area contributed by atoms with Gasteiger partial charge in [0.05, 0.1) is 61.7 Å². The molecule has 3 aromatic heterocycles. The highest BCUT2D eigenvalue weighted by Gasteiger charge is 2.21. The van der Waals surface area contributed by atoms with Gasteiger partial charge in [0.15, 0.2) is 0 Å². The SMILES string of the molecule is N#Cc1ccc2c(c1)c1ccccc1n2-c1cccc2c1c1ccccc1n2-c1cc(-c2ccc(-n3c4ccccc4c4ccccc43)cc2)ccc1C#N. The Morgan fingerprint density at radius 1 is 0.345 bits per heavy atom. The summed E-state index contributed by atoms with van der Waals surface area (Å²) in [4.78, 5) is 0. The highest BCUT2D eigenvalue weighted by molar-refractivity contribution is 6.17. The maximum Gasteiger partial charge on any atom is 0.101 e. The first-order chi connectivity index (χ1) is 27.2. The zero-order valence-electron chi connectivity index (χ0n) is 29.5. The molecule has 11 aromatic rings. The first-order valence-corrected chi connectivity index (χ1v) is 18.3. The van der Waals surface area contributed by atoms with Crippen molar-refractivity contribution in [2.24, 2.45) is 0 Å². The molecule has 0 radical (unpaired) electrons. The standard InChI is InChI=1S/C50H29N5/c51-30-32-20-27-46-41(28-32)39-12-3-7-16-44(39)54(46)47-18-9-19-48-50(47)40-13-4-8-17-45(40)55(48)49-29-34(21-22-35(49)31-52)33-23-25-36(26-24-33)53-42-14-5-1-10-37(42)38-11-2-6-15-43(38)53/h1-29H. The number of aromatic nitrogens is 3. The van der Waals surface area contributed by atoms with Crippen LogP contribution in [-0.4, -0.2) is 13.7 Å². The van der Waals surface area contributed by atoms with Crippen molar-refractivity contribution in [3.63, 3.8) is 0 Å². The highest BCUT2D eigenvalue weighted by Crippen LogP contribution is 2.41.